The van der Waals surface area contributed by atoms with Crippen LogP contribution < -0.4 is 10.2 Å². The van der Waals surface area contributed by atoms with Crippen molar-refractivity contribution in [2.24, 2.45) is 0 Å². The normalized spacial score (nSPS) is 20.0. The fourth-order valence-corrected chi connectivity index (χ4v) is 2.50. The number of benzene rings is 1. The van der Waals surface area contributed by atoms with Crippen LogP contribution in [0.5, 0.6) is 5.75 Å². The molecule has 1 saturated heterocycles. The van der Waals surface area contributed by atoms with Crippen molar-refractivity contribution in [3.63, 3.8) is 0 Å². The van der Waals surface area contributed by atoms with E-state index in [1.165, 1.54) is 0 Å². The Bertz CT molecular complexity index is 668. The molecule has 110 valence electrons. The highest BCUT2D eigenvalue weighted by Crippen LogP contribution is 2.37. The summed E-state index contributed by atoms with van der Waals surface area (Å²) in [6.45, 7) is 8.16. The molecule has 0 unspecified atom stereocenters. The van der Waals surface area contributed by atoms with Crippen molar-refractivity contribution in [3.8, 4) is 5.75 Å². The molecule has 2 heterocycles. The Morgan fingerprint density at radius 3 is 2.33 bits per heavy atom. The Morgan fingerprint density at radius 1 is 1.05 bits per heavy atom. The minimum Gasteiger partial charge on any atom is -0.495 e. The van der Waals surface area contributed by atoms with Crippen LogP contribution in [0.2, 0.25) is 0 Å². The molecule has 2 aromatic rings. The van der Waals surface area contributed by atoms with Gasteiger partial charge >= 0.3 is 7.12 Å². The van der Waals surface area contributed by atoms with Gasteiger partial charge in [0, 0.05) is 17.0 Å². The molecule has 1 fully saturated rings. The Morgan fingerprint density at radius 2 is 1.71 bits per heavy atom. The molecule has 1 aromatic heterocycles. The van der Waals surface area contributed by atoms with Gasteiger partial charge in [0.15, 0.2) is 0 Å². The second-order valence-corrected chi connectivity index (χ2v) is 6.35. The van der Waals surface area contributed by atoms with Gasteiger partial charge in [-0.15, -0.1) is 0 Å². The zero-order valence-corrected chi connectivity index (χ0v) is 13.1. The molecule has 0 spiro atoms. The van der Waals surface area contributed by atoms with Gasteiger partial charge in [0.25, 0.3) is 0 Å². The number of pyridine rings is 1. The second-order valence-electron chi connectivity index (χ2n) is 6.35. The standard InChI is InChI=1S/C16H20BNO3/c1-15(2)16(3,4)21-17(20-15)12-9-8-11-7-6-10-18-13(11)14(12)19-5/h6-10H,1-5H3. The van der Waals surface area contributed by atoms with Crippen molar-refractivity contribution >= 4 is 23.5 Å². The number of ether oxygens (including phenoxy) is 1. The molecule has 1 aliphatic rings. The highest BCUT2D eigenvalue weighted by atomic mass is 16.7. The van der Waals surface area contributed by atoms with Crippen molar-refractivity contribution in [1.29, 1.82) is 0 Å². The number of aromatic nitrogens is 1. The van der Waals surface area contributed by atoms with E-state index in [9.17, 15) is 0 Å². The van der Waals surface area contributed by atoms with Crippen LogP contribution in [0.1, 0.15) is 27.7 Å². The number of fused-ring (bicyclic) bond motifs is 1. The van der Waals surface area contributed by atoms with Crippen LogP contribution in [-0.2, 0) is 9.31 Å². The molecule has 0 N–H and O–H groups in total. The topological polar surface area (TPSA) is 40.6 Å². The zero-order chi connectivity index (χ0) is 15.3. The van der Waals surface area contributed by atoms with Gasteiger partial charge in [-0.25, -0.2) is 0 Å². The van der Waals surface area contributed by atoms with Crippen LogP contribution >= 0.6 is 0 Å². The van der Waals surface area contributed by atoms with Crippen LogP contribution in [0, 0.1) is 0 Å². The lowest BCUT2D eigenvalue weighted by molar-refractivity contribution is 0.00578. The third kappa shape index (κ3) is 2.21. The third-order valence-corrected chi connectivity index (χ3v) is 4.47. The third-order valence-electron chi connectivity index (χ3n) is 4.47. The summed E-state index contributed by atoms with van der Waals surface area (Å²) in [5.41, 5.74) is 0.957. The highest BCUT2D eigenvalue weighted by molar-refractivity contribution is 6.63. The van der Waals surface area contributed by atoms with E-state index in [1.54, 1.807) is 13.3 Å². The Labute approximate surface area is 125 Å². The fourth-order valence-electron chi connectivity index (χ4n) is 2.50. The minimum absolute atomic E-state index is 0.373. The number of hydrogen-bond acceptors (Lipinski definition) is 4. The van der Waals surface area contributed by atoms with Gasteiger partial charge in [-0.2, -0.15) is 0 Å². The monoisotopic (exact) mass is 285 g/mol. The van der Waals surface area contributed by atoms with Gasteiger partial charge in [0.2, 0.25) is 0 Å². The van der Waals surface area contributed by atoms with Gasteiger partial charge in [0.1, 0.15) is 11.3 Å². The summed E-state index contributed by atoms with van der Waals surface area (Å²) in [5, 5.41) is 1.04. The molecule has 0 amide bonds. The number of hydrogen-bond donors (Lipinski definition) is 0. The first kappa shape index (κ1) is 14.4. The molecule has 0 saturated carbocycles. The van der Waals surface area contributed by atoms with Gasteiger partial charge in [-0.05, 0) is 33.8 Å². The Hall–Kier alpha value is -1.59. The van der Waals surface area contributed by atoms with Crippen LogP contribution in [0.15, 0.2) is 30.5 Å². The van der Waals surface area contributed by atoms with Crippen molar-refractivity contribution in [1.82, 2.24) is 4.98 Å². The van der Waals surface area contributed by atoms with E-state index in [4.69, 9.17) is 14.0 Å². The molecular formula is C16H20BNO3. The van der Waals surface area contributed by atoms with Gasteiger partial charge in [-0.1, -0.05) is 18.2 Å². The summed E-state index contributed by atoms with van der Waals surface area (Å²) in [4.78, 5) is 4.42. The van der Waals surface area contributed by atoms with E-state index in [1.807, 2.05) is 52.0 Å². The molecule has 5 heteroatoms. The largest absolute Gasteiger partial charge is 0.498 e. The molecule has 0 atom stereocenters. The summed E-state index contributed by atoms with van der Waals surface area (Å²) in [5.74, 6) is 0.714. The maximum atomic E-state index is 6.11. The van der Waals surface area contributed by atoms with E-state index in [2.05, 4.69) is 4.98 Å². The van der Waals surface area contributed by atoms with Crippen molar-refractivity contribution in [2.75, 3.05) is 7.11 Å². The predicted octanol–water partition coefficient (Wildman–Crippen LogP) is 2.54. The van der Waals surface area contributed by atoms with Gasteiger partial charge in [0.05, 0.1) is 18.3 Å². The van der Waals surface area contributed by atoms with Crippen LogP contribution in [0.25, 0.3) is 10.9 Å². The van der Waals surface area contributed by atoms with Crippen molar-refractivity contribution in [2.45, 2.75) is 38.9 Å². The lowest BCUT2D eigenvalue weighted by Crippen LogP contribution is -2.41. The second kappa shape index (κ2) is 4.72. The van der Waals surface area contributed by atoms with Crippen molar-refractivity contribution in [3.05, 3.63) is 30.5 Å². The average molecular weight is 285 g/mol. The minimum atomic E-state index is -0.448. The quantitative estimate of drug-likeness (QED) is 0.795. The Kier molecular flexibility index (Phi) is 3.22. The Balaban J connectivity index is 2.10. The van der Waals surface area contributed by atoms with Gasteiger partial charge < -0.3 is 14.0 Å². The molecule has 1 aromatic carbocycles. The maximum Gasteiger partial charge on any atom is 0.498 e. The van der Waals surface area contributed by atoms with E-state index in [-0.39, 0.29) is 11.2 Å². The molecule has 0 radical (unpaired) electrons. The van der Waals surface area contributed by atoms with Crippen molar-refractivity contribution < 1.29 is 14.0 Å². The molecule has 21 heavy (non-hydrogen) atoms. The van der Waals surface area contributed by atoms with Crippen LogP contribution in [-0.4, -0.2) is 30.4 Å². The smallest absolute Gasteiger partial charge is 0.495 e. The number of rotatable bonds is 2. The van der Waals surface area contributed by atoms with Crippen LogP contribution in [0.3, 0.4) is 0 Å². The molecule has 0 bridgehead atoms. The highest BCUT2D eigenvalue weighted by Gasteiger charge is 2.52. The predicted molar refractivity (Wildman–Crippen MR) is 84.0 cm³/mol. The van der Waals surface area contributed by atoms with E-state index < -0.39 is 7.12 Å². The first-order valence-corrected chi connectivity index (χ1v) is 7.13. The molecule has 3 rings (SSSR count). The molecule has 0 aliphatic carbocycles. The number of nitrogens with zero attached hydrogens (tertiary/aromatic N) is 1. The first-order chi connectivity index (χ1) is 9.86. The molecular weight excluding hydrogens is 265 g/mol. The average Bonchev–Trinajstić information content (AvgIpc) is 2.66. The van der Waals surface area contributed by atoms with E-state index in [0.717, 1.165) is 16.4 Å². The van der Waals surface area contributed by atoms with E-state index >= 15 is 0 Å². The summed E-state index contributed by atoms with van der Waals surface area (Å²) >= 11 is 0. The SMILES string of the molecule is COc1c(B2OC(C)(C)C(C)(C)O2)ccc2cccnc12. The van der Waals surface area contributed by atoms with E-state index in [0.29, 0.717) is 5.75 Å². The summed E-state index contributed by atoms with van der Waals surface area (Å²) in [6.07, 6.45) is 1.76. The molecule has 4 nitrogen and oxygen atoms in total. The summed E-state index contributed by atoms with van der Waals surface area (Å²) < 4.78 is 17.8. The lowest BCUT2D eigenvalue weighted by Gasteiger charge is -2.32. The van der Waals surface area contributed by atoms with Crippen LogP contribution in [0.4, 0.5) is 0 Å². The molecule has 1 aliphatic heterocycles. The number of methoxy groups -OCH3 is 1. The fraction of sp³-hybridized carbons (Fsp3) is 0.438. The summed E-state index contributed by atoms with van der Waals surface area (Å²) in [7, 11) is 1.20. The first-order valence-electron chi connectivity index (χ1n) is 7.13. The summed E-state index contributed by atoms with van der Waals surface area (Å²) in [6, 6.07) is 7.94. The zero-order valence-electron chi connectivity index (χ0n) is 13.1. The van der Waals surface area contributed by atoms with Gasteiger partial charge in [-0.3, -0.25) is 4.98 Å². The lowest BCUT2D eigenvalue weighted by atomic mass is 9.77. The maximum absolute atomic E-state index is 6.11.